The molecule has 0 aliphatic carbocycles. The Labute approximate surface area is 102 Å². The van der Waals surface area contributed by atoms with Crippen LogP contribution in [-0.2, 0) is 0 Å². The molecule has 0 bridgehead atoms. The highest BCUT2D eigenvalue weighted by atomic mass is 19.1. The van der Waals surface area contributed by atoms with E-state index in [1.54, 1.807) is 30.3 Å². The van der Waals surface area contributed by atoms with Gasteiger partial charge in [-0.25, -0.2) is 9.37 Å². The van der Waals surface area contributed by atoms with Crippen molar-refractivity contribution in [2.45, 2.75) is 0 Å². The van der Waals surface area contributed by atoms with Crippen LogP contribution in [0.15, 0.2) is 40.8 Å². The van der Waals surface area contributed by atoms with Crippen LogP contribution in [0.25, 0.3) is 22.6 Å². The van der Waals surface area contributed by atoms with E-state index in [0.717, 1.165) is 5.56 Å². The van der Waals surface area contributed by atoms with E-state index in [1.807, 2.05) is 0 Å². The molecule has 0 amide bonds. The molecule has 18 heavy (non-hydrogen) atoms. The van der Waals surface area contributed by atoms with Gasteiger partial charge >= 0.3 is 0 Å². The first-order valence-electron chi connectivity index (χ1n) is 5.35. The summed E-state index contributed by atoms with van der Waals surface area (Å²) in [6.07, 6.45) is 0. The average molecular weight is 243 g/mol. The third-order valence-corrected chi connectivity index (χ3v) is 2.69. The number of oxazole rings is 1. The van der Waals surface area contributed by atoms with Gasteiger partial charge in [-0.15, -0.1) is 0 Å². The highest BCUT2D eigenvalue weighted by molar-refractivity contribution is 5.80. The van der Waals surface area contributed by atoms with Crippen LogP contribution in [-0.4, -0.2) is 4.98 Å². The van der Waals surface area contributed by atoms with Gasteiger partial charge in [0.25, 0.3) is 0 Å². The van der Waals surface area contributed by atoms with Crippen molar-refractivity contribution < 1.29 is 8.81 Å². The maximum Gasteiger partial charge on any atom is 0.227 e. The Kier molecular flexibility index (Phi) is 2.19. The third-order valence-electron chi connectivity index (χ3n) is 2.69. The molecule has 0 unspecified atom stereocenters. The summed E-state index contributed by atoms with van der Waals surface area (Å²) in [5.74, 6) is -0.215. The van der Waals surface area contributed by atoms with Gasteiger partial charge in [-0.3, -0.25) is 0 Å². The van der Waals surface area contributed by atoms with E-state index in [-0.39, 0.29) is 11.2 Å². The fourth-order valence-corrected chi connectivity index (χ4v) is 1.73. The third kappa shape index (κ3) is 1.57. The van der Waals surface area contributed by atoms with Crippen molar-refractivity contribution >= 4 is 22.5 Å². The molecule has 0 saturated heterocycles. The summed E-state index contributed by atoms with van der Waals surface area (Å²) in [5.41, 5.74) is 13.0. The van der Waals surface area contributed by atoms with Crippen molar-refractivity contribution in [1.82, 2.24) is 4.98 Å². The molecule has 3 rings (SSSR count). The topological polar surface area (TPSA) is 78.1 Å². The number of nitrogens with zero attached hydrogens (tertiary/aromatic N) is 1. The Balaban J connectivity index is 2.19. The molecular weight excluding hydrogens is 233 g/mol. The molecule has 1 heterocycles. The molecular formula is C13H10FN3O. The minimum atomic E-state index is -0.557. The van der Waals surface area contributed by atoms with E-state index >= 15 is 0 Å². The van der Waals surface area contributed by atoms with Crippen molar-refractivity contribution in [3.63, 3.8) is 0 Å². The average Bonchev–Trinajstić information content (AvgIpc) is 2.80. The molecule has 0 aliphatic heterocycles. The highest BCUT2D eigenvalue weighted by Gasteiger charge is 2.13. The summed E-state index contributed by atoms with van der Waals surface area (Å²) in [4.78, 5) is 4.11. The van der Waals surface area contributed by atoms with Crippen molar-refractivity contribution in [2.75, 3.05) is 11.5 Å². The molecule has 0 saturated carbocycles. The highest BCUT2D eigenvalue weighted by Crippen LogP contribution is 2.28. The molecule has 0 atom stereocenters. The van der Waals surface area contributed by atoms with Crippen LogP contribution in [0.3, 0.4) is 0 Å². The number of benzene rings is 2. The van der Waals surface area contributed by atoms with E-state index in [4.69, 9.17) is 15.9 Å². The Hall–Kier alpha value is -2.56. The van der Waals surface area contributed by atoms with Crippen LogP contribution in [0.5, 0.6) is 0 Å². The monoisotopic (exact) mass is 243 g/mol. The van der Waals surface area contributed by atoms with Crippen molar-refractivity contribution in [1.29, 1.82) is 0 Å². The van der Waals surface area contributed by atoms with E-state index in [2.05, 4.69) is 4.98 Å². The second-order valence-corrected chi connectivity index (χ2v) is 3.96. The smallest absolute Gasteiger partial charge is 0.227 e. The molecule has 2 aromatic carbocycles. The lowest BCUT2D eigenvalue weighted by Gasteiger charge is -1.95. The maximum atomic E-state index is 13.7. The predicted octanol–water partition coefficient (Wildman–Crippen LogP) is 2.80. The summed E-state index contributed by atoms with van der Waals surface area (Å²) in [7, 11) is 0. The quantitative estimate of drug-likeness (QED) is 0.644. The van der Waals surface area contributed by atoms with Gasteiger partial charge in [0.05, 0.1) is 5.69 Å². The molecule has 4 nitrogen and oxygen atoms in total. The molecule has 0 aliphatic rings. The number of halogens is 1. The zero-order valence-electron chi connectivity index (χ0n) is 9.35. The lowest BCUT2D eigenvalue weighted by atomic mass is 10.2. The molecule has 5 heteroatoms. The van der Waals surface area contributed by atoms with Crippen molar-refractivity contribution in [2.24, 2.45) is 0 Å². The summed E-state index contributed by atoms with van der Waals surface area (Å²) in [6.45, 7) is 0. The number of rotatable bonds is 1. The van der Waals surface area contributed by atoms with Gasteiger partial charge in [-0.1, -0.05) is 0 Å². The van der Waals surface area contributed by atoms with Crippen LogP contribution in [0.4, 0.5) is 15.8 Å². The predicted molar refractivity (Wildman–Crippen MR) is 68.2 cm³/mol. The number of hydrogen-bond acceptors (Lipinski definition) is 4. The molecule has 3 aromatic rings. The van der Waals surface area contributed by atoms with E-state index < -0.39 is 5.82 Å². The Bertz CT molecular complexity index is 719. The Morgan fingerprint density at radius 2 is 1.72 bits per heavy atom. The number of nitrogens with two attached hydrogens (primary N) is 2. The van der Waals surface area contributed by atoms with Crippen LogP contribution >= 0.6 is 0 Å². The fourth-order valence-electron chi connectivity index (χ4n) is 1.73. The fraction of sp³-hybridized carbons (Fsp3) is 0. The van der Waals surface area contributed by atoms with Gasteiger partial charge < -0.3 is 15.9 Å². The number of fused-ring (bicyclic) bond motifs is 1. The van der Waals surface area contributed by atoms with E-state index in [1.165, 1.54) is 6.07 Å². The maximum absolute atomic E-state index is 13.7. The standard InChI is InChI=1S/C13H10FN3O/c14-11-9(16)5-6-10-12(11)17-13(18-10)7-1-3-8(15)4-2-7/h1-6H,15-16H2. The second-order valence-electron chi connectivity index (χ2n) is 3.96. The van der Waals surface area contributed by atoms with Gasteiger partial charge in [-0.2, -0.15) is 0 Å². The first-order chi connectivity index (χ1) is 8.65. The lowest BCUT2D eigenvalue weighted by molar-refractivity contribution is 0.617. The van der Waals surface area contributed by atoms with Gasteiger partial charge in [0.1, 0.15) is 5.52 Å². The minimum Gasteiger partial charge on any atom is -0.436 e. The first kappa shape index (κ1) is 10.6. The molecule has 90 valence electrons. The van der Waals surface area contributed by atoms with Crippen LogP contribution < -0.4 is 11.5 Å². The number of aromatic nitrogens is 1. The second kappa shape index (κ2) is 3.73. The van der Waals surface area contributed by atoms with Crippen molar-refractivity contribution in [3.05, 3.63) is 42.2 Å². The summed E-state index contributed by atoms with van der Waals surface area (Å²) in [6, 6.07) is 10.0. The van der Waals surface area contributed by atoms with Gasteiger partial charge in [0.15, 0.2) is 11.4 Å². The van der Waals surface area contributed by atoms with Gasteiger partial charge in [-0.05, 0) is 36.4 Å². The zero-order valence-corrected chi connectivity index (χ0v) is 9.35. The first-order valence-corrected chi connectivity index (χ1v) is 5.35. The number of hydrogen-bond donors (Lipinski definition) is 2. The van der Waals surface area contributed by atoms with Gasteiger partial charge in [0.2, 0.25) is 5.89 Å². The SMILES string of the molecule is Nc1ccc(-c2nc3c(F)c(N)ccc3o2)cc1. The van der Waals surface area contributed by atoms with Crippen LogP contribution in [0, 0.1) is 5.82 Å². The molecule has 0 spiro atoms. The normalized spacial score (nSPS) is 10.9. The summed E-state index contributed by atoms with van der Waals surface area (Å²) >= 11 is 0. The number of anilines is 2. The zero-order chi connectivity index (χ0) is 12.7. The lowest BCUT2D eigenvalue weighted by Crippen LogP contribution is -1.90. The van der Waals surface area contributed by atoms with Gasteiger partial charge in [0, 0.05) is 11.3 Å². The molecule has 4 N–H and O–H groups in total. The van der Waals surface area contributed by atoms with Crippen LogP contribution in [0.2, 0.25) is 0 Å². The number of nitrogen functional groups attached to an aromatic ring is 2. The summed E-state index contributed by atoms with van der Waals surface area (Å²) < 4.78 is 19.2. The molecule has 0 radical (unpaired) electrons. The van der Waals surface area contributed by atoms with E-state index in [0.29, 0.717) is 17.2 Å². The van der Waals surface area contributed by atoms with E-state index in [9.17, 15) is 4.39 Å². The Morgan fingerprint density at radius 3 is 2.44 bits per heavy atom. The van der Waals surface area contributed by atoms with Crippen molar-refractivity contribution in [3.8, 4) is 11.5 Å². The molecule has 0 fully saturated rings. The summed E-state index contributed by atoms with van der Waals surface area (Å²) in [5, 5.41) is 0. The minimum absolute atomic E-state index is 0.0552. The Morgan fingerprint density at radius 1 is 1.00 bits per heavy atom. The van der Waals surface area contributed by atoms with Crippen LogP contribution in [0.1, 0.15) is 0 Å². The molecule has 1 aromatic heterocycles. The largest absolute Gasteiger partial charge is 0.436 e.